The Hall–Kier alpha value is -0.386. The predicted octanol–water partition coefficient (Wildman–Crippen LogP) is -0.883. The van der Waals surface area contributed by atoms with E-state index in [-0.39, 0.29) is 0 Å². The highest BCUT2D eigenvalue weighted by Gasteiger charge is 2.00. The molecule has 0 amide bonds. The van der Waals surface area contributed by atoms with Crippen LogP contribution in [0, 0.1) is 0 Å². The van der Waals surface area contributed by atoms with Crippen LogP contribution in [-0.2, 0) is 0 Å². The first-order valence-electron chi connectivity index (χ1n) is 3.57. The maximum absolute atomic E-state index is 3.46. The molecule has 0 fully saturated rings. The van der Waals surface area contributed by atoms with Crippen LogP contribution in [0.5, 0.6) is 0 Å². The summed E-state index contributed by atoms with van der Waals surface area (Å²) in [5.74, 6) is 0. The van der Waals surface area contributed by atoms with Gasteiger partial charge in [-0.2, -0.15) is 0 Å². The highest BCUT2D eigenvalue weighted by molar-refractivity contribution is 6.73. The van der Waals surface area contributed by atoms with Crippen molar-refractivity contribution in [2.75, 3.05) is 0 Å². The van der Waals surface area contributed by atoms with Crippen molar-refractivity contribution in [2.24, 2.45) is 0 Å². The van der Waals surface area contributed by atoms with Crippen LogP contribution in [0.3, 0.4) is 0 Å². The van der Waals surface area contributed by atoms with Crippen molar-refractivity contribution in [3.8, 4) is 0 Å². The van der Waals surface area contributed by atoms with Gasteiger partial charge in [0.15, 0.2) is 0 Å². The molecule has 1 nitrogen and oxygen atoms in total. The Morgan fingerprint density at radius 1 is 1.30 bits per heavy atom. The molecular weight excluding hydrogens is 154 g/mol. The largest absolute Gasteiger partial charge is 0.366 e. The molecule has 0 aliphatic carbocycles. The van der Waals surface area contributed by atoms with E-state index in [0.717, 1.165) is 10.4 Å². The molecule has 0 aliphatic rings. The molecule has 0 saturated heterocycles. The third-order valence-electron chi connectivity index (χ3n) is 1.73. The lowest BCUT2D eigenvalue weighted by molar-refractivity contribution is 1.55. The van der Waals surface area contributed by atoms with Crippen LogP contribution < -0.4 is 9.83 Å². The molecule has 1 atom stereocenters. The lowest BCUT2D eigenvalue weighted by Gasteiger charge is -2.06. The second-order valence-electron chi connectivity index (χ2n) is 2.42. The van der Waals surface area contributed by atoms with Crippen molar-refractivity contribution in [3.63, 3.8) is 0 Å². The maximum Gasteiger partial charge on any atom is 0.131 e. The average Bonchev–Trinajstić information content (AvgIpc) is 2.05. The van der Waals surface area contributed by atoms with Gasteiger partial charge >= 0.3 is 0 Å². The SMILES string of the molecule is C[SiH](N[SiH3])c1ccccc1. The lowest BCUT2D eigenvalue weighted by atomic mass is 10.4. The van der Waals surface area contributed by atoms with Crippen LogP contribution >= 0.6 is 0 Å². The number of benzene rings is 1. The van der Waals surface area contributed by atoms with E-state index >= 15 is 0 Å². The first-order chi connectivity index (χ1) is 4.84. The summed E-state index contributed by atoms with van der Waals surface area (Å²) in [5, 5.41) is 1.51. The second kappa shape index (κ2) is 3.70. The minimum absolute atomic E-state index is 0.728. The summed E-state index contributed by atoms with van der Waals surface area (Å²) < 4.78 is 3.46. The van der Waals surface area contributed by atoms with E-state index in [1.54, 1.807) is 0 Å². The number of hydrogen-bond donors (Lipinski definition) is 1. The Labute approximate surface area is 66.7 Å². The minimum atomic E-state index is -0.728. The molecule has 0 aromatic heterocycles. The predicted molar refractivity (Wildman–Crippen MR) is 52.2 cm³/mol. The summed E-state index contributed by atoms with van der Waals surface area (Å²) in [6, 6.07) is 10.7. The summed E-state index contributed by atoms with van der Waals surface area (Å²) >= 11 is 0. The Bertz CT molecular complexity index is 188. The summed E-state index contributed by atoms with van der Waals surface area (Å²) in [4.78, 5) is 0. The van der Waals surface area contributed by atoms with Crippen LogP contribution in [0.2, 0.25) is 6.55 Å². The van der Waals surface area contributed by atoms with Gasteiger partial charge in [-0.1, -0.05) is 36.9 Å². The molecule has 1 aromatic carbocycles. The molecule has 0 aliphatic heterocycles. The Kier molecular flexibility index (Phi) is 2.86. The summed E-state index contributed by atoms with van der Waals surface area (Å²) in [5.41, 5.74) is 0. The van der Waals surface area contributed by atoms with E-state index in [4.69, 9.17) is 0 Å². The van der Waals surface area contributed by atoms with Crippen LogP contribution in [-0.4, -0.2) is 19.4 Å². The normalized spacial score (nSPS) is 13.3. The molecule has 0 saturated carbocycles. The van der Waals surface area contributed by atoms with Gasteiger partial charge in [0.25, 0.3) is 0 Å². The van der Waals surface area contributed by atoms with Crippen molar-refractivity contribution in [3.05, 3.63) is 30.3 Å². The molecule has 0 spiro atoms. The number of hydrogen-bond acceptors (Lipinski definition) is 1. The third-order valence-corrected chi connectivity index (χ3v) is 6.58. The van der Waals surface area contributed by atoms with E-state index < -0.39 is 8.96 Å². The third kappa shape index (κ3) is 1.80. The molecule has 1 unspecified atom stereocenters. The van der Waals surface area contributed by atoms with Crippen molar-refractivity contribution in [1.29, 1.82) is 0 Å². The minimum Gasteiger partial charge on any atom is -0.366 e. The number of nitrogens with one attached hydrogen (secondary N) is 1. The summed E-state index contributed by atoms with van der Waals surface area (Å²) in [6.07, 6.45) is 0. The second-order valence-corrected chi connectivity index (χ2v) is 6.84. The Balaban J connectivity index is 2.75. The van der Waals surface area contributed by atoms with Gasteiger partial charge in [-0.15, -0.1) is 0 Å². The molecule has 0 bridgehead atoms. The van der Waals surface area contributed by atoms with Gasteiger partial charge < -0.3 is 4.65 Å². The monoisotopic (exact) mass is 167 g/mol. The van der Waals surface area contributed by atoms with Crippen LogP contribution in [0.25, 0.3) is 0 Å². The van der Waals surface area contributed by atoms with Crippen LogP contribution in [0.4, 0.5) is 0 Å². The van der Waals surface area contributed by atoms with Crippen molar-refractivity contribution in [2.45, 2.75) is 6.55 Å². The molecule has 1 N–H and O–H groups in total. The van der Waals surface area contributed by atoms with E-state index in [1.165, 1.54) is 5.19 Å². The fraction of sp³-hybridized carbons (Fsp3) is 0.143. The van der Waals surface area contributed by atoms with E-state index in [0.29, 0.717) is 0 Å². The molecule has 1 aromatic rings. The molecular formula is C7H13NSi2. The first-order valence-corrected chi connectivity index (χ1v) is 6.87. The summed E-state index contributed by atoms with van der Waals surface area (Å²) in [6.45, 7) is 2.32. The van der Waals surface area contributed by atoms with Gasteiger partial charge in [0.1, 0.15) is 8.96 Å². The van der Waals surface area contributed by atoms with Crippen molar-refractivity contribution < 1.29 is 0 Å². The fourth-order valence-corrected chi connectivity index (χ4v) is 3.04. The Morgan fingerprint density at radius 3 is 2.40 bits per heavy atom. The van der Waals surface area contributed by atoms with Gasteiger partial charge in [-0.25, -0.2) is 0 Å². The van der Waals surface area contributed by atoms with Gasteiger partial charge in [0.2, 0.25) is 0 Å². The quantitative estimate of drug-likeness (QED) is 0.564. The number of rotatable bonds is 2. The maximum atomic E-state index is 3.46. The van der Waals surface area contributed by atoms with E-state index in [1.807, 2.05) is 0 Å². The zero-order valence-corrected chi connectivity index (χ0v) is 9.62. The van der Waals surface area contributed by atoms with Gasteiger partial charge in [-0.3, -0.25) is 0 Å². The highest BCUT2D eigenvalue weighted by atomic mass is 28.3. The molecule has 10 heavy (non-hydrogen) atoms. The molecule has 54 valence electrons. The smallest absolute Gasteiger partial charge is 0.131 e. The van der Waals surface area contributed by atoms with Crippen molar-refractivity contribution >= 4 is 24.5 Å². The van der Waals surface area contributed by atoms with Gasteiger partial charge in [0, 0.05) is 0 Å². The van der Waals surface area contributed by atoms with Crippen molar-refractivity contribution in [1.82, 2.24) is 4.65 Å². The van der Waals surface area contributed by atoms with E-state index in [2.05, 4.69) is 41.5 Å². The standard InChI is InChI=1S/C7H13NSi2/c1-10(8-9)7-5-3-2-4-6-7/h2-6,8,10H,1,9H3. The van der Waals surface area contributed by atoms with E-state index in [9.17, 15) is 0 Å². The average molecular weight is 167 g/mol. The highest BCUT2D eigenvalue weighted by Crippen LogP contribution is 1.83. The molecule has 3 heteroatoms. The first kappa shape index (κ1) is 7.72. The zero-order valence-electron chi connectivity index (χ0n) is 6.46. The van der Waals surface area contributed by atoms with Gasteiger partial charge in [-0.05, 0) is 5.19 Å². The zero-order chi connectivity index (χ0) is 7.40. The fourth-order valence-electron chi connectivity index (χ4n) is 0.908. The molecule has 0 radical (unpaired) electrons. The lowest BCUT2D eigenvalue weighted by Crippen LogP contribution is -2.40. The topological polar surface area (TPSA) is 12.0 Å². The van der Waals surface area contributed by atoms with Gasteiger partial charge in [0.05, 0.1) is 10.4 Å². The molecule has 0 heterocycles. The van der Waals surface area contributed by atoms with Crippen LogP contribution in [0.15, 0.2) is 30.3 Å². The Morgan fingerprint density at radius 2 is 1.90 bits per heavy atom. The molecule has 1 rings (SSSR count). The van der Waals surface area contributed by atoms with Crippen LogP contribution in [0.1, 0.15) is 0 Å². The summed E-state index contributed by atoms with van der Waals surface area (Å²) in [7, 11) is 0.391.